The molecule has 6 rings (SSSR count). The molecule has 13 nitrogen and oxygen atoms in total. The molecule has 2 saturated heterocycles. The van der Waals surface area contributed by atoms with E-state index in [1.54, 1.807) is 30.5 Å². The molecule has 2 fully saturated rings. The van der Waals surface area contributed by atoms with Crippen molar-refractivity contribution in [3.63, 3.8) is 0 Å². The number of carbonyl (C=O) groups excluding carboxylic acids is 4. The molecule has 14 heteroatoms. The van der Waals surface area contributed by atoms with E-state index in [1.807, 2.05) is 19.9 Å². The normalized spacial score (nSPS) is 14.5. The van der Waals surface area contributed by atoms with Crippen LogP contribution in [-0.2, 0) is 19.2 Å². The number of imide groups is 2. The van der Waals surface area contributed by atoms with E-state index >= 15 is 0 Å². The molecule has 6 heterocycles. The van der Waals surface area contributed by atoms with Gasteiger partial charge in [-0.15, -0.1) is 0 Å². The van der Waals surface area contributed by atoms with Crippen molar-refractivity contribution < 1.29 is 37.6 Å². The summed E-state index contributed by atoms with van der Waals surface area (Å²) in [5.41, 5.74) is 3.26. The maximum Gasteiger partial charge on any atom is 0.229 e. The van der Waals surface area contributed by atoms with E-state index in [9.17, 15) is 23.6 Å². The number of ether oxygens (including phenoxy) is 2. The summed E-state index contributed by atoms with van der Waals surface area (Å²) >= 11 is 0. The van der Waals surface area contributed by atoms with E-state index in [0.29, 0.717) is 35.6 Å². The first-order chi connectivity index (χ1) is 22.2. The van der Waals surface area contributed by atoms with Crippen molar-refractivity contribution >= 4 is 23.6 Å². The maximum absolute atomic E-state index is 13.6. The second-order valence-electron chi connectivity index (χ2n) is 10.4. The quantitative estimate of drug-likeness (QED) is 0.235. The molecule has 0 bridgehead atoms. The lowest BCUT2D eigenvalue weighted by molar-refractivity contribution is -0.140. The van der Waals surface area contributed by atoms with Crippen molar-refractivity contribution in [1.82, 2.24) is 29.9 Å². The zero-order chi connectivity index (χ0) is 32.6. The molecule has 2 aliphatic rings. The number of likely N-dealkylation sites (tertiary alicyclic amines) is 2. The van der Waals surface area contributed by atoms with Gasteiger partial charge in [0.25, 0.3) is 0 Å². The van der Waals surface area contributed by atoms with Crippen LogP contribution < -0.4 is 9.47 Å². The number of aryl methyl sites for hydroxylation is 2. The zero-order valence-electron chi connectivity index (χ0n) is 25.3. The predicted octanol–water partition coefficient (Wildman–Crippen LogP) is 3.69. The number of pyridine rings is 3. The fourth-order valence-corrected chi connectivity index (χ4v) is 4.92. The van der Waals surface area contributed by atoms with Gasteiger partial charge in [-0.3, -0.25) is 43.9 Å². The zero-order valence-corrected chi connectivity index (χ0v) is 25.3. The second-order valence-corrected chi connectivity index (χ2v) is 10.4. The van der Waals surface area contributed by atoms with Crippen LogP contribution in [0.25, 0.3) is 22.5 Å². The van der Waals surface area contributed by atoms with Crippen LogP contribution in [0.4, 0.5) is 4.39 Å². The van der Waals surface area contributed by atoms with Gasteiger partial charge in [-0.1, -0.05) is 5.16 Å². The molecule has 2 aliphatic heterocycles. The van der Waals surface area contributed by atoms with Crippen molar-refractivity contribution in [2.75, 3.05) is 26.3 Å². The number of carbonyl (C=O) groups is 4. The molecule has 0 aromatic carbocycles. The number of hydrogen-bond donors (Lipinski definition) is 0. The van der Waals surface area contributed by atoms with Gasteiger partial charge < -0.3 is 14.0 Å². The summed E-state index contributed by atoms with van der Waals surface area (Å²) in [6.45, 7) is 4.64. The highest BCUT2D eigenvalue weighted by Gasteiger charge is 2.29. The summed E-state index contributed by atoms with van der Waals surface area (Å²) in [7, 11) is 0. The first kappa shape index (κ1) is 31.9. The van der Waals surface area contributed by atoms with Crippen LogP contribution in [0.15, 0.2) is 59.6 Å². The number of amides is 4. The fraction of sp³-hybridized carbons (Fsp3) is 0.312. The van der Waals surface area contributed by atoms with Crippen LogP contribution >= 0.6 is 0 Å². The largest absolute Gasteiger partial charge is 0.490 e. The number of nitrogens with zero attached hydrogens (tertiary/aromatic N) is 6. The summed E-state index contributed by atoms with van der Waals surface area (Å²) in [4.78, 5) is 60.5. The summed E-state index contributed by atoms with van der Waals surface area (Å²) in [6, 6.07) is 8.47. The van der Waals surface area contributed by atoms with Gasteiger partial charge >= 0.3 is 0 Å². The van der Waals surface area contributed by atoms with Crippen molar-refractivity contribution in [3.8, 4) is 34.0 Å². The topological polar surface area (TPSA) is 158 Å². The van der Waals surface area contributed by atoms with Crippen LogP contribution in [0.2, 0.25) is 0 Å². The minimum Gasteiger partial charge on any atom is -0.490 e. The van der Waals surface area contributed by atoms with Crippen LogP contribution in [0.1, 0.15) is 37.1 Å². The molecule has 4 aromatic heterocycles. The SMILES string of the molecule is Cc1noc(C)c1-c1ccc(OCCN2C(=O)CCC2=O)cn1.O=C1CCC(=O)N1CCOc1ccc(-c2ccncc2F)nc1. The third-order valence-electron chi connectivity index (χ3n) is 7.29. The number of halogens is 1. The summed E-state index contributed by atoms with van der Waals surface area (Å²) < 4.78 is 29.8. The number of aromatic nitrogens is 4. The summed E-state index contributed by atoms with van der Waals surface area (Å²) in [5, 5.41) is 3.91. The standard InChI is InChI=1S/C16H14FN3O3.C16H17N3O4/c17-13-10-18-6-5-12(13)14-2-1-11(9-19-14)23-8-7-20-15(21)3-4-16(20)22;1-10-16(11(2)23-18-10)13-4-3-12(9-17-13)22-8-7-19-14(20)5-6-15(19)21/h1-2,5-6,9-10H,3-4,7-8H2;3-4,9H,5-8H2,1-2H3. The third kappa shape index (κ3) is 7.57. The van der Waals surface area contributed by atoms with Crippen LogP contribution in [-0.4, -0.2) is 79.8 Å². The van der Waals surface area contributed by atoms with Crippen LogP contribution in [0.5, 0.6) is 11.5 Å². The Balaban J connectivity index is 0.000000181. The molecule has 0 atom stereocenters. The molecule has 0 aliphatic carbocycles. The van der Waals surface area contributed by atoms with Gasteiger partial charge in [-0.05, 0) is 44.2 Å². The smallest absolute Gasteiger partial charge is 0.229 e. The molecule has 4 amide bonds. The first-order valence-corrected chi connectivity index (χ1v) is 14.6. The highest BCUT2D eigenvalue weighted by molar-refractivity contribution is 6.02. The summed E-state index contributed by atoms with van der Waals surface area (Å²) in [6.07, 6.45) is 6.84. The molecule has 46 heavy (non-hydrogen) atoms. The average Bonchev–Trinajstić information content (AvgIpc) is 3.69. The molecule has 0 N–H and O–H groups in total. The Kier molecular flexibility index (Phi) is 10.0. The van der Waals surface area contributed by atoms with E-state index in [4.69, 9.17) is 14.0 Å². The van der Waals surface area contributed by atoms with E-state index in [-0.39, 0.29) is 62.8 Å². The summed E-state index contributed by atoms with van der Waals surface area (Å²) in [5.74, 6) is 0.743. The van der Waals surface area contributed by atoms with Crippen LogP contribution in [0, 0.1) is 19.7 Å². The Bertz CT molecular complexity index is 1670. The van der Waals surface area contributed by atoms with Crippen LogP contribution in [0.3, 0.4) is 0 Å². The van der Waals surface area contributed by atoms with Crippen molar-refractivity contribution in [3.05, 3.63) is 72.4 Å². The molecule has 0 radical (unpaired) electrons. The van der Waals surface area contributed by atoms with Crippen molar-refractivity contribution in [1.29, 1.82) is 0 Å². The van der Waals surface area contributed by atoms with Gasteiger partial charge in [0.15, 0.2) is 5.82 Å². The lowest BCUT2D eigenvalue weighted by Crippen LogP contribution is -2.33. The Hall–Kier alpha value is -5.53. The first-order valence-electron chi connectivity index (χ1n) is 14.6. The Labute approximate surface area is 263 Å². The molecule has 0 unspecified atom stereocenters. The van der Waals surface area contributed by atoms with E-state index in [1.165, 1.54) is 22.2 Å². The Morgan fingerprint density at radius 3 is 1.70 bits per heavy atom. The lowest BCUT2D eigenvalue weighted by Gasteiger charge is -2.14. The third-order valence-corrected chi connectivity index (χ3v) is 7.29. The van der Waals surface area contributed by atoms with Gasteiger partial charge in [0.05, 0.1) is 54.3 Å². The molecule has 4 aromatic rings. The van der Waals surface area contributed by atoms with Gasteiger partial charge in [0, 0.05) is 37.4 Å². The molecule has 238 valence electrons. The highest BCUT2D eigenvalue weighted by Crippen LogP contribution is 2.26. The lowest BCUT2D eigenvalue weighted by atomic mass is 10.1. The molecular weight excluding hydrogens is 599 g/mol. The molecular formula is C32H31FN6O7. The predicted molar refractivity (Wildman–Crippen MR) is 160 cm³/mol. The maximum atomic E-state index is 13.6. The highest BCUT2D eigenvalue weighted by atomic mass is 19.1. The minimum atomic E-state index is -0.445. The van der Waals surface area contributed by atoms with E-state index in [0.717, 1.165) is 28.9 Å². The van der Waals surface area contributed by atoms with Gasteiger partial charge in [-0.2, -0.15) is 0 Å². The van der Waals surface area contributed by atoms with Crippen molar-refractivity contribution in [2.24, 2.45) is 0 Å². The van der Waals surface area contributed by atoms with Crippen molar-refractivity contribution in [2.45, 2.75) is 39.5 Å². The van der Waals surface area contributed by atoms with Gasteiger partial charge in [-0.25, -0.2) is 4.39 Å². The van der Waals surface area contributed by atoms with Gasteiger partial charge in [0.2, 0.25) is 23.6 Å². The van der Waals surface area contributed by atoms with Gasteiger partial charge in [0.1, 0.15) is 30.5 Å². The molecule has 0 spiro atoms. The average molecular weight is 631 g/mol. The number of rotatable bonds is 10. The Morgan fingerprint density at radius 1 is 0.739 bits per heavy atom. The fourth-order valence-electron chi connectivity index (χ4n) is 4.92. The van der Waals surface area contributed by atoms with E-state index < -0.39 is 5.82 Å². The monoisotopic (exact) mass is 630 g/mol. The Morgan fingerprint density at radius 2 is 1.26 bits per heavy atom. The second kappa shape index (κ2) is 14.5. The number of hydrogen-bond acceptors (Lipinski definition) is 11. The van der Waals surface area contributed by atoms with E-state index in [2.05, 4.69) is 20.1 Å². The molecule has 0 saturated carbocycles. The minimum absolute atomic E-state index is 0.134.